The number of aliphatic hydroxyl groups excluding tert-OH is 1. The Labute approximate surface area is 271 Å². The molecule has 3 aromatic rings. The number of aromatic nitrogens is 2. The third kappa shape index (κ3) is 7.54. The summed E-state index contributed by atoms with van der Waals surface area (Å²) in [6.07, 6.45) is 6.52. The van der Waals surface area contributed by atoms with Gasteiger partial charge in [-0.1, -0.05) is 25.5 Å². The van der Waals surface area contributed by atoms with Crippen molar-refractivity contribution in [2.45, 2.75) is 57.7 Å². The molecule has 1 aromatic heterocycles. The number of rotatable bonds is 14. The van der Waals surface area contributed by atoms with Crippen LogP contribution in [0.5, 0.6) is 11.5 Å². The van der Waals surface area contributed by atoms with Crippen molar-refractivity contribution in [3.8, 4) is 11.5 Å². The van der Waals surface area contributed by atoms with Crippen LogP contribution in [-0.2, 0) is 36.2 Å². The summed E-state index contributed by atoms with van der Waals surface area (Å²) in [6, 6.07) is 11.4. The summed E-state index contributed by atoms with van der Waals surface area (Å²) in [5, 5.41) is 20.8. The molecule has 2 N–H and O–H groups in total. The molecule has 5 rings (SSSR count). The van der Waals surface area contributed by atoms with Crippen LogP contribution in [0.25, 0.3) is 0 Å². The Bertz CT molecular complexity index is 1530. The van der Waals surface area contributed by atoms with Crippen molar-refractivity contribution in [3.05, 3.63) is 71.3 Å². The number of aliphatic carboxylic acids is 1. The zero-order valence-electron chi connectivity index (χ0n) is 27.7. The Morgan fingerprint density at radius 2 is 1.96 bits per heavy atom. The number of quaternary nitrogens is 1. The molecule has 2 aromatic carbocycles. The Morgan fingerprint density at radius 1 is 1.15 bits per heavy atom. The normalized spacial score (nSPS) is 19.5. The highest BCUT2D eigenvalue weighted by molar-refractivity contribution is 5.95. The monoisotopic (exact) mass is 634 g/mol. The van der Waals surface area contributed by atoms with Crippen molar-refractivity contribution in [1.82, 2.24) is 14.5 Å². The van der Waals surface area contributed by atoms with Gasteiger partial charge in [-0.25, -0.2) is 4.98 Å². The first-order chi connectivity index (χ1) is 22.0. The Kier molecular flexibility index (Phi) is 10.3. The van der Waals surface area contributed by atoms with Crippen molar-refractivity contribution in [1.29, 1.82) is 0 Å². The van der Waals surface area contributed by atoms with Gasteiger partial charge in [0.2, 0.25) is 12.7 Å². The fraction of sp³-hybridized carbons (Fsp3) is 0.514. The quantitative estimate of drug-likeness (QED) is 0.258. The Morgan fingerprint density at radius 3 is 2.63 bits per heavy atom. The number of carboxylic acids is 1. The van der Waals surface area contributed by atoms with Crippen LogP contribution in [0.2, 0.25) is 0 Å². The number of benzene rings is 2. The molecule has 0 saturated carbocycles. The van der Waals surface area contributed by atoms with E-state index < -0.39 is 23.8 Å². The highest BCUT2D eigenvalue weighted by atomic mass is 16.7. The fourth-order valence-corrected chi connectivity index (χ4v) is 6.89. The largest absolute Gasteiger partial charge is 0.481 e. The minimum Gasteiger partial charge on any atom is -0.481 e. The van der Waals surface area contributed by atoms with Gasteiger partial charge in [0.25, 0.3) is 0 Å². The lowest BCUT2D eigenvalue weighted by Crippen LogP contribution is -2.45. The number of amides is 1. The maximum Gasteiger partial charge on any atom is 0.308 e. The van der Waals surface area contributed by atoms with Gasteiger partial charge < -0.3 is 33.6 Å². The molecule has 0 bridgehead atoms. The van der Waals surface area contributed by atoms with Gasteiger partial charge in [-0.15, -0.1) is 0 Å². The number of imidazole rings is 1. The predicted molar refractivity (Wildman–Crippen MR) is 175 cm³/mol. The average Bonchev–Trinajstić information content (AvgIpc) is 3.73. The average molecular weight is 635 g/mol. The minimum absolute atomic E-state index is 0.0509. The first-order valence-electron chi connectivity index (χ1n) is 16.1. The molecule has 1 fully saturated rings. The number of nitrogens with zero attached hydrogens (tertiary/aromatic N) is 5. The van der Waals surface area contributed by atoms with Gasteiger partial charge in [-0.2, -0.15) is 0 Å². The van der Waals surface area contributed by atoms with Gasteiger partial charge in [0.15, 0.2) is 11.5 Å². The lowest BCUT2D eigenvalue weighted by molar-refractivity contribution is -0.884. The number of hydrogen-bond donors (Lipinski definition) is 2. The van der Waals surface area contributed by atoms with E-state index in [2.05, 4.69) is 45.2 Å². The number of ether oxygens (including phenoxy) is 2. The zero-order chi connectivity index (χ0) is 33.0. The van der Waals surface area contributed by atoms with Gasteiger partial charge in [-0.3, -0.25) is 14.5 Å². The smallest absolute Gasteiger partial charge is 0.308 e. The van der Waals surface area contributed by atoms with Crippen LogP contribution in [0, 0.1) is 5.92 Å². The van der Waals surface area contributed by atoms with Crippen LogP contribution in [0.4, 0.5) is 5.69 Å². The van der Waals surface area contributed by atoms with E-state index in [4.69, 9.17) is 9.47 Å². The summed E-state index contributed by atoms with van der Waals surface area (Å²) < 4.78 is 13.9. The molecule has 0 spiro atoms. The van der Waals surface area contributed by atoms with Crippen LogP contribution >= 0.6 is 0 Å². The summed E-state index contributed by atoms with van der Waals surface area (Å²) >= 11 is 0. The second kappa shape index (κ2) is 14.2. The molecular formula is C35H48N5O6+. The van der Waals surface area contributed by atoms with Crippen LogP contribution in [0.3, 0.4) is 0 Å². The van der Waals surface area contributed by atoms with E-state index in [0.29, 0.717) is 43.0 Å². The maximum atomic E-state index is 14.3. The molecule has 11 nitrogen and oxygen atoms in total. The number of carbonyl (C=O) groups excluding carboxylic acids is 1. The molecule has 248 valence electrons. The molecule has 1 amide bonds. The Balaban J connectivity index is 1.47. The van der Waals surface area contributed by atoms with Gasteiger partial charge >= 0.3 is 5.97 Å². The van der Waals surface area contributed by atoms with Gasteiger partial charge in [0, 0.05) is 67.7 Å². The van der Waals surface area contributed by atoms with Crippen molar-refractivity contribution in [2.24, 2.45) is 13.0 Å². The van der Waals surface area contributed by atoms with Crippen molar-refractivity contribution >= 4 is 17.6 Å². The minimum atomic E-state index is -0.913. The lowest BCUT2D eigenvalue weighted by Gasteiger charge is -2.30. The SMILES string of the molecule is CCCCN(C(=O)CN1C[C@H](c2cc(CO)c3c(c2)OCO3)[C@@H](C(=O)O)[C@@H]1CCc1nccn1C)c1cccc(C[N+](C)(C)C)c1. The molecule has 2 aliphatic heterocycles. The molecule has 46 heavy (non-hydrogen) atoms. The van der Waals surface area contributed by atoms with E-state index in [-0.39, 0.29) is 25.9 Å². The topological polar surface area (TPSA) is 117 Å². The van der Waals surface area contributed by atoms with E-state index in [9.17, 15) is 19.8 Å². The first kappa shape index (κ1) is 33.4. The molecule has 0 aliphatic carbocycles. The molecule has 3 heterocycles. The second-order valence-corrected chi connectivity index (χ2v) is 13.5. The van der Waals surface area contributed by atoms with Crippen molar-refractivity contribution in [3.63, 3.8) is 0 Å². The molecule has 2 aliphatic rings. The summed E-state index contributed by atoms with van der Waals surface area (Å²) in [7, 11) is 8.36. The number of likely N-dealkylation sites (tertiary alicyclic amines) is 1. The van der Waals surface area contributed by atoms with E-state index in [1.807, 2.05) is 51.9 Å². The van der Waals surface area contributed by atoms with Crippen LogP contribution in [0.15, 0.2) is 48.8 Å². The van der Waals surface area contributed by atoms with Crippen molar-refractivity contribution in [2.75, 3.05) is 52.5 Å². The lowest BCUT2D eigenvalue weighted by atomic mass is 9.83. The second-order valence-electron chi connectivity index (χ2n) is 13.5. The molecule has 11 heteroatoms. The predicted octanol–water partition coefficient (Wildman–Crippen LogP) is 3.78. The van der Waals surface area contributed by atoms with E-state index in [1.165, 1.54) is 0 Å². The standard InChI is InChI=1S/C35H47N5O6/c1-6-7-14-39(27-10-8-9-24(16-27)21-40(3,4)5)32(42)20-38-19-28(25-17-26(22-41)34-30(18-25)45-23-46-34)33(35(43)44)29(38)11-12-31-36-13-15-37(31)2/h8-10,13,15-18,28-29,33,41H,6-7,11-12,14,19-23H2,1-5H3/p+1/t28-,29+,33-/m1/s1. The van der Waals surface area contributed by atoms with Gasteiger partial charge in [0.1, 0.15) is 12.4 Å². The number of unbranched alkanes of at least 4 members (excludes halogenated alkanes) is 1. The number of aryl methyl sites for hydroxylation is 2. The zero-order valence-corrected chi connectivity index (χ0v) is 27.7. The van der Waals surface area contributed by atoms with Gasteiger partial charge in [0.05, 0.1) is 40.2 Å². The number of aliphatic hydroxyl groups is 1. The highest BCUT2D eigenvalue weighted by Gasteiger charge is 2.47. The number of carbonyl (C=O) groups is 2. The summed E-state index contributed by atoms with van der Waals surface area (Å²) in [6.45, 7) is 3.79. The maximum absolute atomic E-state index is 14.3. The van der Waals surface area contributed by atoms with Crippen molar-refractivity contribution < 1.29 is 33.8 Å². The van der Waals surface area contributed by atoms with Crippen LogP contribution < -0.4 is 14.4 Å². The third-order valence-electron chi connectivity index (χ3n) is 9.04. The fourth-order valence-electron chi connectivity index (χ4n) is 6.89. The number of carboxylic acid groups (broad SMARTS) is 1. The summed E-state index contributed by atoms with van der Waals surface area (Å²) in [5.41, 5.74) is 3.34. The molecule has 0 radical (unpaired) electrons. The first-order valence-corrected chi connectivity index (χ1v) is 16.1. The summed E-state index contributed by atoms with van der Waals surface area (Å²) in [5.74, 6) is -0.306. The van der Waals surface area contributed by atoms with E-state index in [1.54, 1.807) is 6.20 Å². The van der Waals surface area contributed by atoms with Gasteiger partial charge in [-0.05, 0) is 42.7 Å². The third-order valence-corrected chi connectivity index (χ3v) is 9.04. The number of anilines is 1. The molecule has 0 unspecified atom stereocenters. The number of hydrogen-bond acceptors (Lipinski definition) is 7. The molecular weight excluding hydrogens is 586 g/mol. The van der Waals surface area contributed by atoms with E-state index in [0.717, 1.165) is 46.5 Å². The molecule has 3 atom stereocenters. The number of fused-ring (bicyclic) bond motifs is 1. The Hall–Kier alpha value is -3.93. The van der Waals surface area contributed by atoms with E-state index >= 15 is 0 Å². The highest BCUT2D eigenvalue weighted by Crippen LogP contribution is 2.44. The van der Waals surface area contributed by atoms with Crippen LogP contribution in [0.1, 0.15) is 54.6 Å². The van der Waals surface area contributed by atoms with Crippen LogP contribution in [-0.4, -0.2) is 94.6 Å². The molecule has 1 saturated heterocycles. The summed E-state index contributed by atoms with van der Waals surface area (Å²) in [4.78, 5) is 35.7.